The van der Waals surface area contributed by atoms with Gasteiger partial charge in [-0.3, -0.25) is 9.78 Å². The van der Waals surface area contributed by atoms with E-state index in [9.17, 15) is 9.18 Å². The van der Waals surface area contributed by atoms with Gasteiger partial charge in [0.2, 0.25) is 0 Å². The molecule has 7 heteroatoms. The highest BCUT2D eigenvalue weighted by atomic mass is 19.1. The first-order valence-corrected chi connectivity index (χ1v) is 9.72. The van der Waals surface area contributed by atoms with Gasteiger partial charge in [0, 0.05) is 29.7 Å². The first-order chi connectivity index (χ1) is 15.2. The zero-order valence-electron chi connectivity index (χ0n) is 16.7. The molecule has 0 fully saturated rings. The summed E-state index contributed by atoms with van der Waals surface area (Å²) in [5.41, 5.74) is 2.65. The second-order valence-corrected chi connectivity index (χ2v) is 6.58. The number of aromatic nitrogens is 3. The number of benzene rings is 2. The van der Waals surface area contributed by atoms with Crippen LogP contribution in [0.5, 0.6) is 5.75 Å². The number of carbonyl (C=O) groups excluding carboxylic acids is 1. The molecule has 0 atom stereocenters. The van der Waals surface area contributed by atoms with Gasteiger partial charge in [0.1, 0.15) is 11.6 Å². The molecule has 0 radical (unpaired) electrons. The van der Waals surface area contributed by atoms with Gasteiger partial charge in [0.05, 0.1) is 23.6 Å². The second kappa shape index (κ2) is 9.13. The van der Waals surface area contributed by atoms with E-state index in [1.165, 1.54) is 18.3 Å². The zero-order chi connectivity index (χ0) is 21.6. The lowest BCUT2D eigenvalue weighted by Crippen LogP contribution is -2.15. The van der Waals surface area contributed by atoms with Crippen molar-refractivity contribution in [2.45, 2.75) is 6.92 Å². The number of nitrogens with one attached hydrogen (secondary N) is 1. The average Bonchev–Trinajstić information content (AvgIpc) is 2.81. The molecular weight excluding hydrogens is 395 g/mol. The Morgan fingerprint density at radius 2 is 1.74 bits per heavy atom. The van der Waals surface area contributed by atoms with Gasteiger partial charge in [-0.15, -0.1) is 0 Å². The van der Waals surface area contributed by atoms with Crippen molar-refractivity contribution in [1.82, 2.24) is 15.0 Å². The molecular formula is C24H19FN4O2. The van der Waals surface area contributed by atoms with Crippen molar-refractivity contribution in [1.29, 1.82) is 0 Å². The van der Waals surface area contributed by atoms with Crippen LogP contribution in [0.4, 0.5) is 10.1 Å². The van der Waals surface area contributed by atoms with Crippen LogP contribution < -0.4 is 10.1 Å². The third-order valence-electron chi connectivity index (χ3n) is 4.52. The predicted octanol–water partition coefficient (Wildman–Crippen LogP) is 5.00. The lowest BCUT2D eigenvalue weighted by Gasteiger charge is -2.13. The highest BCUT2D eigenvalue weighted by molar-refractivity contribution is 6.08. The number of anilines is 1. The van der Waals surface area contributed by atoms with Crippen LogP contribution >= 0.6 is 0 Å². The van der Waals surface area contributed by atoms with Gasteiger partial charge < -0.3 is 10.1 Å². The van der Waals surface area contributed by atoms with Gasteiger partial charge in [-0.25, -0.2) is 14.4 Å². The number of ether oxygens (including phenoxy) is 1. The smallest absolute Gasteiger partial charge is 0.259 e. The van der Waals surface area contributed by atoms with Gasteiger partial charge in [-0.05, 0) is 55.5 Å². The van der Waals surface area contributed by atoms with Crippen LogP contribution in [-0.2, 0) is 0 Å². The highest BCUT2D eigenvalue weighted by Gasteiger charge is 2.18. The molecule has 0 unspecified atom stereocenters. The molecule has 1 amide bonds. The van der Waals surface area contributed by atoms with Crippen LogP contribution in [0.3, 0.4) is 0 Å². The summed E-state index contributed by atoms with van der Waals surface area (Å²) in [6.07, 6.45) is 4.72. The summed E-state index contributed by atoms with van der Waals surface area (Å²) in [5, 5.41) is 2.88. The van der Waals surface area contributed by atoms with Gasteiger partial charge in [0.15, 0.2) is 5.82 Å². The molecule has 4 aromatic rings. The zero-order valence-corrected chi connectivity index (χ0v) is 16.7. The Labute approximate surface area is 178 Å². The Morgan fingerprint density at radius 3 is 2.48 bits per heavy atom. The molecule has 2 aromatic carbocycles. The highest BCUT2D eigenvalue weighted by Crippen LogP contribution is 2.28. The Balaban J connectivity index is 1.75. The lowest BCUT2D eigenvalue weighted by atomic mass is 10.1. The molecule has 2 heterocycles. The molecule has 154 valence electrons. The molecule has 2 aromatic heterocycles. The number of pyridine rings is 1. The minimum atomic E-state index is -0.371. The van der Waals surface area contributed by atoms with Gasteiger partial charge >= 0.3 is 0 Å². The first-order valence-electron chi connectivity index (χ1n) is 9.72. The van der Waals surface area contributed by atoms with E-state index in [-0.39, 0.29) is 11.7 Å². The van der Waals surface area contributed by atoms with Crippen LogP contribution in [0, 0.1) is 5.82 Å². The topological polar surface area (TPSA) is 77.0 Å². The maximum absolute atomic E-state index is 13.3. The van der Waals surface area contributed by atoms with Gasteiger partial charge in [0.25, 0.3) is 5.91 Å². The van der Waals surface area contributed by atoms with Gasteiger partial charge in [-0.1, -0.05) is 12.1 Å². The van der Waals surface area contributed by atoms with E-state index in [0.717, 1.165) is 0 Å². The van der Waals surface area contributed by atoms with Crippen molar-refractivity contribution < 1.29 is 13.9 Å². The summed E-state index contributed by atoms with van der Waals surface area (Å²) in [6.45, 7) is 2.35. The fourth-order valence-electron chi connectivity index (χ4n) is 3.06. The van der Waals surface area contributed by atoms with Gasteiger partial charge in [-0.2, -0.15) is 0 Å². The third kappa shape index (κ3) is 4.56. The van der Waals surface area contributed by atoms with Crippen molar-refractivity contribution in [3.63, 3.8) is 0 Å². The van der Waals surface area contributed by atoms with Crippen molar-refractivity contribution in [2.24, 2.45) is 0 Å². The van der Waals surface area contributed by atoms with Crippen LogP contribution in [0.15, 0.2) is 79.3 Å². The number of nitrogens with zero attached hydrogens (tertiary/aromatic N) is 3. The molecule has 0 aliphatic rings. The molecule has 6 nitrogen and oxygen atoms in total. The van der Waals surface area contributed by atoms with E-state index in [1.807, 2.05) is 19.1 Å². The number of rotatable bonds is 6. The fourth-order valence-corrected chi connectivity index (χ4v) is 3.06. The van der Waals surface area contributed by atoms with Crippen molar-refractivity contribution >= 4 is 11.6 Å². The number of amides is 1. The quantitative estimate of drug-likeness (QED) is 0.481. The SMILES string of the molecule is CCOc1ccccc1NC(=O)c1cnc(-c2ccc(F)cc2)nc1-c1ccncc1. The Morgan fingerprint density at radius 1 is 1.00 bits per heavy atom. The van der Waals surface area contributed by atoms with Crippen molar-refractivity contribution in [3.8, 4) is 28.4 Å². The first kappa shape index (κ1) is 20.2. The van der Waals surface area contributed by atoms with E-state index in [0.29, 0.717) is 46.3 Å². The van der Waals surface area contributed by atoms with E-state index in [2.05, 4.69) is 20.3 Å². The number of hydrogen-bond acceptors (Lipinski definition) is 5. The maximum atomic E-state index is 13.3. The molecule has 0 spiro atoms. The molecule has 4 rings (SSSR count). The van der Waals surface area contributed by atoms with Crippen LogP contribution in [-0.4, -0.2) is 27.5 Å². The maximum Gasteiger partial charge on any atom is 0.259 e. The largest absolute Gasteiger partial charge is 0.492 e. The standard InChI is InChI=1S/C24H19FN4O2/c1-2-31-21-6-4-3-5-20(21)28-24(30)19-15-27-23(17-7-9-18(25)10-8-17)29-22(19)16-11-13-26-14-12-16/h3-15H,2H2,1H3,(H,28,30). The molecule has 0 aliphatic heterocycles. The molecule has 0 saturated carbocycles. The predicted molar refractivity (Wildman–Crippen MR) is 116 cm³/mol. The minimum Gasteiger partial charge on any atom is -0.492 e. The number of hydrogen-bond donors (Lipinski definition) is 1. The fraction of sp³-hybridized carbons (Fsp3) is 0.0833. The summed E-state index contributed by atoms with van der Waals surface area (Å²) in [7, 11) is 0. The van der Waals surface area contributed by atoms with Crippen LogP contribution in [0.25, 0.3) is 22.6 Å². The normalized spacial score (nSPS) is 10.5. The molecule has 0 aliphatic carbocycles. The van der Waals surface area contributed by atoms with Crippen LogP contribution in [0.1, 0.15) is 17.3 Å². The van der Waals surface area contributed by atoms with E-state index < -0.39 is 0 Å². The molecule has 1 N–H and O–H groups in total. The Kier molecular flexibility index (Phi) is 5.93. The van der Waals surface area contributed by atoms with E-state index in [1.54, 1.807) is 48.8 Å². The van der Waals surface area contributed by atoms with E-state index in [4.69, 9.17) is 4.74 Å². The Bertz CT molecular complexity index is 1200. The monoisotopic (exact) mass is 414 g/mol. The van der Waals surface area contributed by atoms with Crippen molar-refractivity contribution in [3.05, 3.63) is 90.6 Å². The average molecular weight is 414 g/mol. The van der Waals surface area contributed by atoms with Crippen molar-refractivity contribution in [2.75, 3.05) is 11.9 Å². The summed E-state index contributed by atoms with van der Waals surface area (Å²) in [4.78, 5) is 26.1. The van der Waals surface area contributed by atoms with Crippen LogP contribution in [0.2, 0.25) is 0 Å². The minimum absolute atomic E-state index is 0.295. The number of halogens is 1. The molecule has 0 bridgehead atoms. The summed E-state index contributed by atoms with van der Waals surface area (Å²) >= 11 is 0. The molecule has 0 saturated heterocycles. The summed E-state index contributed by atoms with van der Waals surface area (Å²) in [6, 6.07) is 16.6. The lowest BCUT2D eigenvalue weighted by molar-refractivity contribution is 0.102. The van der Waals surface area contributed by atoms with E-state index >= 15 is 0 Å². The summed E-state index contributed by atoms with van der Waals surface area (Å²) < 4.78 is 18.9. The molecule has 31 heavy (non-hydrogen) atoms. The summed E-state index contributed by atoms with van der Waals surface area (Å²) in [5.74, 6) is 0.248. The second-order valence-electron chi connectivity index (χ2n) is 6.58. The number of para-hydroxylation sites is 2. The number of carbonyl (C=O) groups is 1. The third-order valence-corrected chi connectivity index (χ3v) is 4.52. The Hall–Kier alpha value is -4.13.